The molecule has 11 heteroatoms. The number of carboxylic acids is 1. The van der Waals surface area contributed by atoms with Crippen LogP contribution in [-0.2, 0) is 38.1 Å². The molecule has 1 aliphatic rings. The number of esters is 3. The van der Waals surface area contributed by atoms with Gasteiger partial charge in [0.25, 0.3) is 0 Å². The number of aldehydes is 1. The lowest BCUT2D eigenvalue weighted by Gasteiger charge is -2.42. The Labute approximate surface area is 170 Å². The molecule has 1 saturated heterocycles. The van der Waals surface area contributed by atoms with Crippen molar-refractivity contribution < 1.29 is 52.8 Å². The average Bonchev–Trinajstić information content (AvgIpc) is 2.65. The summed E-state index contributed by atoms with van der Waals surface area (Å²) in [5, 5.41) is 9.53. The number of ether oxygens (including phenoxy) is 5. The molecule has 5 unspecified atom stereocenters. The molecule has 0 saturated carbocycles. The van der Waals surface area contributed by atoms with Gasteiger partial charge in [-0.3, -0.25) is 19.2 Å². The van der Waals surface area contributed by atoms with Gasteiger partial charge in [-0.15, -0.1) is 0 Å². The van der Waals surface area contributed by atoms with Gasteiger partial charge in [-0.2, -0.15) is 0 Å². The van der Waals surface area contributed by atoms with Crippen molar-refractivity contribution in [1.29, 1.82) is 0 Å². The zero-order chi connectivity index (χ0) is 22.4. The standard InChI is InChI=1S/C19H20O11/c1-9(21)26-14-15(27-10(2)22)17(28-11(3)23)19(30-16(14)18(24)25)29-13-6-4-12(8-20)5-7-13/h4-8,14-17,19H,1-3H3,(H,24,25). The first kappa shape index (κ1) is 22.8. The van der Waals surface area contributed by atoms with Gasteiger partial charge in [-0.1, -0.05) is 0 Å². The minimum absolute atomic E-state index is 0.152. The summed E-state index contributed by atoms with van der Waals surface area (Å²) in [5.41, 5.74) is 0.361. The SMILES string of the molecule is CC(=O)OC1C(Oc2ccc(C=O)cc2)OC(C(=O)O)C(OC(C)=O)C1OC(C)=O. The van der Waals surface area contributed by atoms with Crippen LogP contribution in [0.5, 0.6) is 5.75 Å². The van der Waals surface area contributed by atoms with E-state index in [1.54, 1.807) is 0 Å². The fourth-order valence-corrected chi connectivity index (χ4v) is 2.83. The molecule has 1 aromatic rings. The van der Waals surface area contributed by atoms with Crippen molar-refractivity contribution in [3.8, 4) is 5.75 Å². The van der Waals surface area contributed by atoms with Gasteiger partial charge in [-0.25, -0.2) is 4.79 Å². The summed E-state index contributed by atoms with van der Waals surface area (Å²) in [5.74, 6) is -3.88. The van der Waals surface area contributed by atoms with Crippen molar-refractivity contribution in [3.05, 3.63) is 29.8 Å². The van der Waals surface area contributed by atoms with E-state index in [0.29, 0.717) is 11.8 Å². The zero-order valence-electron chi connectivity index (χ0n) is 16.3. The fraction of sp³-hybridized carbons (Fsp3) is 0.421. The molecule has 1 heterocycles. The van der Waals surface area contributed by atoms with Gasteiger partial charge >= 0.3 is 23.9 Å². The first-order chi connectivity index (χ1) is 14.1. The predicted molar refractivity (Wildman–Crippen MR) is 95.4 cm³/mol. The Morgan fingerprint density at radius 1 is 0.867 bits per heavy atom. The highest BCUT2D eigenvalue weighted by atomic mass is 16.7. The number of carboxylic acid groups (broad SMARTS) is 1. The number of hydrogen-bond donors (Lipinski definition) is 1. The fourth-order valence-electron chi connectivity index (χ4n) is 2.83. The molecule has 0 radical (unpaired) electrons. The summed E-state index contributed by atoms with van der Waals surface area (Å²) in [6.45, 7) is 3.15. The Morgan fingerprint density at radius 2 is 1.37 bits per heavy atom. The molecule has 0 amide bonds. The van der Waals surface area contributed by atoms with E-state index in [0.717, 1.165) is 20.8 Å². The molecule has 1 fully saturated rings. The van der Waals surface area contributed by atoms with Crippen molar-refractivity contribution in [3.63, 3.8) is 0 Å². The number of benzene rings is 1. The topological polar surface area (TPSA) is 152 Å². The van der Waals surface area contributed by atoms with E-state index < -0.39 is 54.6 Å². The van der Waals surface area contributed by atoms with Crippen molar-refractivity contribution in [2.45, 2.75) is 51.5 Å². The Balaban J connectivity index is 2.44. The summed E-state index contributed by atoms with van der Waals surface area (Å²) in [4.78, 5) is 57.3. The molecule has 5 atom stereocenters. The number of carbonyl (C=O) groups is 5. The monoisotopic (exact) mass is 424 g/mol. The lowest BCUT2D eigenvalue weighted by Crippen LogP contribution is -2.64. The van der Waals surface area contributed by atoms with Crippen molar-refractivity contribution in [1.82, 2.24) is 0 Å². The molecular weight excluding hydrogens is 404 g/mol. The maximum absolute atomic E-state index is 11.7. The summed E-state index contributed by atoms with van der Waals surface area (Å²) in [7, 11) is 0. The average molecular weight is 424 g/mol. The minimum atomic E-state index is -1.79. The van der Waals surface area contributed by atoms with E-state index in [1.807, 2.05) is 0 Å². The second-order valence-electron chi connectivity index (χ2n) is 6.29. The molecule has 1 aliphatic heterocycles. The summed E-state index contributed by atoms with van der Waals surface area (Å²) < 4.78 is 26.3. The molecule has 1 aromatic carbocycles. The largest absolute Gasteiger partial charge is 0.479 e. The molecular formula is C19H20O11. The quantitative estimate of drug-likeness (QED) is 0.369. The molecule has 11 nitrogen and oxygen atoms in total. The highest BCUT2D eigenvalue weighted by Gasteiger charge is 2.55. The van der Waals surface area contributed by atoms with E-state index in [2.05, 4.69) is 0 Å². The van der Waals surface area contributed by atoms with Gasteiger partial charge in [0.05, 0.1) is 0 Å². The lowest BCUT2D eigenvalue weighted by atomic mass is 9.97. The molecule has 0 aromatic heterocycles. The van der Waals surface area contributed by atoms with Crippen LogP contribution in [0, 0.1) is 0 Å². The third kappa shape index (κ3) is 5.77. The summed E-state index contributed by atoms with van der Waals surface area (Å²) in [6, 6.07) is 5.69. The zero-order valence-corrected chi connectivity index (χ0v) is 16.3. The second kappa shape index (κ2) is 9.83. The lowest BCUT2D eigenvalue weighted by molar-refractivity contribution is -0.281. The molecule has 162 valence electrons. The van der Waals surface area contributed by atoms with Gasteiger partial charge in [0.1, 0.15) is 12.0 Å². The molecule has 0 aliphatic carbocycles. The molecule has 2 rings (SSSR count). The number of rotatable bonds is 7. The van der Waals surface area contributed by atoms with Crippen LogP contribution in [0.3, 0.4) is 0 Å². The Morgan fingerprint density at radius 3 is 1.83 bits per heavy atom. The third-order valence-electron chi connectivity index (χ3n) is 3.91. The van der Waals surface area contributed by atoms with Gasteiger partial charge in [-0.05, 0) is 24.3 Å². The van der Waals surface area contributed by atoms with Gasteiger partial charge in [0, 0.05) is 26.3 Å². The summed E-state index contributed by atoms with van der Waals surface area (Å²) >= 11 is 0. The highest BCUT2D eigenvalue weighted by molar-refractivity contribution is 5.76. The molecule has 0 spiro atoms. The third-order valence-corrected chi connectivity index (χ3v) is 3.91. The normalized spacial score (nSPS) is 25.5. The van der Waals surface area contributed by atoms with Gasteiger partial charge in [0.15, 0.2) is 18.3 Å². The first-order valence-electron chi connectivity index (χ1n) is 8.74. The van der Waals surface area contributed by atoms with Crippen LogP contribution in [0.1, 0.15) is 31.1 Å². The number of hydrogen-bond acceptors (Lipinski definition) is 10. The van der Waals surface area contributed by atoms with Gasteiger partial charge in [0.2, 0.25) is 12.4 Å². The van der Waals surface area contributed by atoms with Crippen LogP contribution in [-0.4, -0.2) is 66.0 Å². The van der Waals surface area contributed by atoms with E-state index in [4.69, 9.17) is 23.7 Å². The summed E-state index contributed by atoms with van der Waals surface area (Å²) in [6.07, 6.45) is -7.30. The predicted octanol–water partition coefficient (Wildman–Crippen LogP) is 0.482. The van der Waals surface area contributed by atoms with Gasteiger partial charge < -0.3 is 28.8 Å². The van der Waals surface area contributed by atoms with Crippen LogP contribution in [0.4, 0.5) is 0 Å². The van der Waals surface area contributed by atoms with E-state index >= 15 is 0 Å². The van der Waals surface area contributed by atoms with Crippen LogP contribution >= 0.6 is 0 Å². The first-order valence-corrected chi connectivity index (χ1v) is 8.74. The Hall–Kier alpha value is -3.47. The van der Waals surface area contributed by atoms with E-state index in [9.17, 15) is 29.1 Å². The number of carbonyl (C=O) groups excluding carboxylic acids is 4. The Kier molecular flexibility index (Phi) is 7.48. The maximum Gasteiger partial charge on any atom is 0.337 e. The maximum atomic E-state index is 11.7. The van der Waals surface area contributed by atoms with Crippen molar-refractivity contribution >= 4 is 30.2 Å². The van der Waals surface area contributed by atoms with Crippen LogP contribution < -0.4 is 4.74 Å². The van der Waals surface area contributed by atoms with Crippen LogP contribution in [0.2, 0.25) is 0 Å². The van der Waals surface area contributed by atoms with Crippen LogP contribution in [0.15, 0.2) is 24.3 Å². The highest BCUT2D eigenvalue weighted by Crippen LogP contribution is 2.30. The van der Waals surface area contributed by atoms with Crippen molar-refractivity contribution in [2.24, 2.45) is 0 Å². The smallest absolute Gasteiger partial charge is 0.337 e. The second-order valence-corrected chi connectivity index (χ2v) is 6.29. The van der Waals surface area contributed by atoms with E-state index in [-0.39, 0.29) is 5.75 Å². The van der Waals surface area contributed by atoms with Crippen LogP contribution in [0.25, 0.3) is 0 Å². The molecule has 0 bridgehead atoms. The van der Waals surface area contributed by atoms with E-state index in [1.165, 1.54) is 24.3 Å². The Bertz CT molecular complexity index is 816. The minimum Gasteiger partial charge on any atom is -0.479 e. The van der Waals surface area contributed by atoms with Crippen molar-refractivity contribution in [2.75, 3.05) is 0 Å². The molecule has 1 N–H and O–H groups in total. The number of aliphatic carboxylic acids is 1. The molecule has 30 heavy (non-hydrogen) atoms.